The van der Waals surface area contributed by atoms with Gasteiger partial charge in [-0.15, -0.1) is 0 Å². The lowest BCUT2D eigenvalue weighted by Crippen LogP contribution is -2.32. The topological polar surface area (TPSA) is 73.1 Å². The Kier molecular flexibility index (Phi) is 5.81. The summed E-state index contributed by atoms with van der Waals surface area (Å²) in [6.45, 7) is 4.63. The Morgan fingerprint density at radius 2 is 1.93 bits per heavy atom. The molecule has 2 atom stereocenters. The van der Waals surface area contributed by atoms with Crippen LogP contribution in [0.15, 0.2) is 60.8 Å². The lowest BCUT2D eigenvalue weighted by atomic mass is 9.96. The van der Waals surface area contributed by atoms with Gasteiger partial charge < -0.3 is 20.5 Å². The number of hydrogen-bond acceptors (Lipinski definition) is 3. The predicted octanol–water partition coefficient (Wildman–Crippen LogP) is 4.03. The van der Waals surface area contributed by atoms with Crippen LogP contribution in [0.2, 0.25) is 0 Å². The van der Waals surface area contributed by atoms with Crippen LogP contribution in [0.1, 0.15) is 41.1 Å². The van der Waals surface area contributed by atoms with Crippen molar-refractivity contribution < 1.29 is 4.79 Å². The fourth-order valence-electron chi connectivity index (χ4n) is 4.00. The summed E-state index contributed by atoms with van der Waals surface area (Å²) in [6.07, 6.45) is 2.13. The third kappa shape index (κ3) is 4.21. The number of aromatic amines is 1. The molecule has 1 fully saturated rings. The van der Waals surface area contributed by atoms with Crippen molar-refractivity contribution in [1.82, 2.24) is 20.2 Å². The molecule has 0 aliphatic carbocycles. The van der Waals surface area contributed by atoms with Gasteiger partial charge in [-0.2, -0.15) is 0 Å². The van der Waals surface area contributed by atoms with Gasteiger partial charge in [-0.25, -0.2) is 0 Å². The first-order valence-corrected chi connectivity index (χ1v) is 10.4. The summed E-state index contributed by atoms with van der Waals surface area (Å²) < 4.78 is 0. The van der Waals surface area contributed by atoms with E-state index < -0.39 is 0 Å². The largest absolute Gasteiger partial charge is 0.362 e. The van der Waals surface area contributed by atoms with Crippen LogP contribution in [-0.4, -0.2) is 32.4 Å². The molecule has 154 valence electrons. The monoisotopic (exact) mass is 419 g/mol. The lowest BCUT2D eigenvalue weighted by Gasteiger charge is -2.27. The molecule has 0 bridgehead atoms. The second kappa shape index (κ2) is 8.67. The Bertz CT molecular complexity index is 1030. The number of carbonyl (C=O) groups excluding carboxylic acids is 1. The maximum absolute atomic E-state index is 12.5. The molecule has 0 unspecified atom stereocenters. The minimum Gasteiger partial charge on any atom is -0.362 e. The molecule has 0 saturated carbocycles. The molecule has 2 aromatic heterocycles. The van der Waals surface area contributed by atoms with Gasteiger partial charge in [-0.1, -0.05) is 24.3 Å². The molecule has 1 aromatic carbocycles. The van der Waals surface area contributed by atoms with E-state index in [1.165, 1.54) is 5.56 Å². The second-order valence-electron chi connectivity index (χ2n) is 7.52. The first kappa shape index (κ1) is 20.1. The predicted molar refractivity (Wildman–Crippen MR) is 122 cm³/mol. The van der Waals surface area contributed by atoms with Gasteiger partial charge in [0, 0.05) is 36.2 Å². The number of rotatable bonds is 6. The summed E-state index contributed by atoms with van der Waals surface area (Å²) >= 11 is 5.67. The van der Waals surface area contributed by atoms with Crippen LogP contribution < -0.4 is 10.6 Å². The Hall–Kier alpha value is -3.19. The lowest BCUT2D eigenvalue weighted by molar-refractivity contribution is -0.116. The first-order chi connectivity index (χ1) is 14.5. The Balaban J connectivity index is 1.56. The van der Waals surface area contributed by atoms with Gasteiger partial charge in [-0.05, 0) is 62.0 Å². The number of H-pyrrole nitrogens is 1. The molecular weight excluding hydrogens is 394 g/mol. The van der Waals surface area contributed by atoms with E-state index in [-0.39, 0.29) is 18.0 Å². The fraction of sp³-hybridized carbons (Fsp3) is 0.261. The smallest absolute Gasteiger partial charge is 0.226 e. The molecule has 4 rings (SSSR count). The summed E-state index contributed by atoms with van der Waals surface area (Å²) in [5.41, 5.74) is 5.09. The van der Waals surface area contributed by atoms with Gasteiger partial charge in [0.15, 0.2) is 5.11 Å². The van der Waals surface area contributed by atoms with E-state index in [1.807, 2.05) is 55.5 Å². The van der Waals surface area contributed by atoms with E-state index in [2.05, 4.69) is 38.5 Å². The van der Waals surface area contributed by atoms with Crippen molar-refractivity contribution in [1.29, 1.82) is 0 Å². The van der Waals surface area contributed by atoms with Gasteiger partial charge in [0.05, 0.1) is 17.8 Å². The maximum Gasteiger partial charge on any atom is 0.226 e. The van der Waals surface area contributed by atoms with Crippen LogP contribution in [-0.2, 0) is 4.79 Å². The minimum atomic E-state index is -0.0789. The van der Waals surface area contributed by atoms with Crippen molar-refractivity contribution >= 4 is 28.9 Å². The fourth-order valence-corrected chi connectivity index (χ4v) is 4.34. The number of pyridine rings is 1. The molecular formula is C23H25N5OS. The zero-order valence-corrected chi connectivity index (χ0v) is 17.9. The second-order valence-corrected chi connectivity index (χ2v) is 7.90. The number of thiocarbonyl (C=S) groups is 1. The summed E-state index contributed by atoms with van der Waals surface area (Å²) in [5.74, 6) is -0.0361. The van der Waals surface area contributed by atoms with Crippen LogP contribution in [0, 0.1) is 13.8 Å². The maximum atomic E-state index is 12.5. The number of aryl methyl sites for hydroxylation is 2. The SMILES string of the molecule is Cc1cc([C@@H]2[C@H](c3ccccn3)NC(=S)N2CCC(=O)Nc2ccccc2)c(C)[nH]1. The van der Waals surface area contributed by atoms with E-state index in [4.69, 9.17) is 12.2 Å². The number of aromatic nitrogens is 2. The first-order valence-electron chi connectivity index (χ1n) is 10.0. The average molecular weight is 420 g/mol. The molecule has 1 amide bonds. The Labute approximate surface area is 181 Å². The highest BCUT2D eigenvalue weighted by molar-refractivity contribution is 7.80. The highest BCUT2D eigenvalue weighted by Gasteiger charge is 2.40. The van der Waals surface area contributed by atoms with Crippen LogP contribution in [0.5, 0.6) is 0 Å². The van der Waals surface area contributed by atoms with E-state index in [0.717, 1.165) is 22.8 Å². The highest BCUT2D eigenvalue weighted by atomic mass is 32.1. The molecule has 0 radical (unpaired) electrons. The summed E-state index contributed by atoms with van der Waals surface area (Å²) in [6, 6.07) is 17.4. The van der Waals surface area contributed by atoms with Crippen LogP contribution in [0.3, 0.4) is 0 Å². The van der Waals surface area contributed by atoms with Gasteiger partial charge >= 0.3 is 0 Å². The molecule has 3 heterocycles. The van der Waals surface area contributed by atoms with E-state index in [1.54, 1.807) is 6.20 Å². The van der Waals surface area contributed by atoms with Crippen LogP contribution in [0.25, 0.3) is 0 Å². The Morgan fingerprint density at radius 3 is 2.60 bits per heavy atom. The third-order valence-electron chi connectivity index (χ3n) is 5.34. The van der Waals surface area contributed by atoms with Crippen molar-refractivity contribution in [3.63, 3.8) is 0 Å². The average Bonchev–Trinajstić information content (AvgIpc) is 3.25. The van der Waals surface area contributed by atoms with Gasteiger partial charge in [0.1, 0.15) is 0 Å². The number of para-hydroxylation sites is 1. The van der Waals surface area contributed by atoms with E-state index in [9.17, 15) is 4.79 Å². The van der Waals surface area contributed by atoms with E-state index in [0.29, 0.717) is 18.1 Å². The number of benzene rings is 1. The number of nitrogens with zero attached hydrogens (tertiary/aromatic N) is 2. The molecule has 0 spiro atoms. The van der Waals surface area contributed by atoms with Crippen molar-refractivity contribution in [3.8, 4) is 0 Å². The summed E-state index contributed by atoms with van der Waals surface area (Å²) in [5, 5.41) is 7.01. The number of anilines is 1. The molecule has 1 saturated heterocycles. The molecule has 3 N–H and O–H groups in total. The number of carbonyl (C=O) groups is 1. The van der Waals surface area contributed by atoms with E-state index >= 15 is 0 Å². The number of amides is 1. The number of nitrogens with one attached hydrogen (secondary N) is 3. The van der Waals surface area contributed by atoms with Gasteiger partial charge in [0.2, 0.25) is 5.91 Å². The van der Waals surface area contributed by atoms with Crippen molar-refractivity contribution in [2.24, 2.45) is 0 Å². The summed E-state index contributed by atoms with van der Waals surface area (Å²) in [4.78, 5) is 22.6. The zero-order valence-electron chi connectivity index (χ0n) is 17.1. The molecule has 7 heteroatoms. The number of hydrogen-bond donors (Lipinski definition) is 3. The van der Waals surface area contributed by atoms with Gasteiger partial charge in [-0.3, -0.25) is 9.78 Å². The minimum absolute atomic E-state index is 0.0361. The quantitative estimate of drug-likeness (QED) is 0.526. The van der Waals surface area contributed by atoms with Crippen molar-refractivity contribution in [2.45, 2.75) is 32.4 Å². The summed E-state index contributed by atoms with van der Waals surface area (Å²) in [7, 11) is 0. The molecule has 1 aliphatic heterocycles. The molecule has 6 nitrogen and oxygen atoms in total. The van der Waals surface area contributed by atoms with Gasteiger partial charge in [0.25, 0.3) is 0 Å². The molecule has 1 aliphatic rings. The van der Waals surface area contributed by atoms with Crippen molar-refractivity contribution in [3.05, 3.63) is 83.4 Å². The van der Waals surface area contributed by atoms with Crippen molar-refractivity contribution in [2.75, 3.05) is 11.9 Å². The highest BCUT2D eigenvalue weighted by Crippen LogP contribution is 2.40. The van der Waals surface area contributed by atoms with Crippen LogP contribution in [0.4, 0.5) is 5.69 Å². The molecule has 30 heavy (non-hydrogen) atoms. The standard InChI is InChI=1S/C23H25N5OS/c1-15-14-18(16(2)25-15)22-21(19-10-6-7-12-24-19)27-23(30)28(22)13-11-20(29)26-17-8-4-3-5-9-17/h3-10,12,14,21-22,25H,11,13H2,1-2H3,(H,26,29)(H,27,30)/t21-,22+/m0/s1. The van der Waals surface area contributed by atoms with Crippen LogP contribution >= 0.6 is 12.2 Å². The molecule has 3 aromatic rings. The third-order valence-corrected chi connectivity index (χ3v) is 5.70. The normalized spacial score (nSPS) is 18.3. The Morgan fingerprint density at radius 1 is 1.17 bits per heavy atom. The zero-order chi connectivity index (χ0) is 21.1.